The fraction of sp³-hybridized carbons (Fsp3) is 0.875. The van der Waals surface area contributed by atoms with E-state index in [9.17, 15) is 4.79 Å². The summed E-state index contributed by atoms with van der Waals surface area (Å²) in [6, 6.07) is 0. The zero-order valence-corrected chi connectivity index (χ0v) is 8.45. The Kier molecular flexibility index (Phi) is 5.98. The molecule has 11 heavy (non-hydrogen) atoms. The molecule has 0 radical (unpaired) electrons. The maximum atomic E-state index is 10.8. The second-order valence-corrected chi connectivity index (χ2v) is 3.86. The van der Waals surface area contributed by atoms with E-state index in [-0.39, 0.29) is 11.2 Å². The van der Waals surface area contributed by atoms with Crippen molar-refractivity contribution < 1.29 is 4.79 Å². The van der Waals surface area contributed by atoms with Crippen molar-refractivity contribution in [1.29, 1.82) is 0 Å². The number of alkyl halides is 1. The van der Waals surface area contributed by atoms with Crippen LogP contribution in [0.2, 0.25) is 0 Å². The Balaban J connectivity index is 3.79. The smallest absolute Gasteiger partial charge is 0.224 e. The van der Waals surface area contributed by atoms with Crippen LogP contribution < -0.4 is 0 Å². The topological polar surface area (TPSA) is 17.1 Å². The van der Waals surface area contributed by atoms with E-state index >= 15 is 0 Å². The van der Waals surface area contributed by atoms with Gasteiger partial charge in [-0.3, -0.25) is 4.79 Å². The van der Waals surface area contributed by atoms with Gasteiger partial charge in [-0.15, -0.1) is 11.6 Å². The normalized spacial score (nSPS) is 13.5. The predicted octanol–water partition coefficient (Wildman–Crippen LogP) is 3.04. The van der Waals surface area contributed by atoms with E-state index in [1.807, 2.05) is 0 Å². The Morgan fingerprint density at radius 1 is 1.45 bits per heavy atom. The van der Waals surface area contributed by atoms with Crippen molar-refractivity contribution in [2.75, 3.05) is 5.88 Å². The molecule has 0 aromatic rings. The van der Waals surface area contributed by atoms with E-state index in [1.54, 1.807) is 0 Å². The van der Waals surface area contributed by atoms with Crippen LogP contribution in [0.4, 0.5) is 0 Å². The van der Waals surface area contributed by atoms with Crippen LogP contribution in [0.15, 0.2) is 0 Å². The molecule has 3 heteroatoms. The third kappa shape index (κ3) is 5.51. The number of carbonyl (C=O) groups excluding carboxylic acids is 1. The second-order valence-electron chi connectivity index (χ2n) is 3.11. The summed E-state index contributed by atoms with van der Waals surface area (Å²) < 4.78 is 0. The molecular formula is C8H14Cl2O. The first kappa shape index (κ1) is 11.2. The van der Waals surface area contributed by atoms with Gasteiger partial charge in [0.1, 0.15) is 0 Å². The highest BCUT2D eigenvalue weighted by atomic mass is 35.5. The number of rotatable bonds is 5. The molecule has 0 saturated carbocycles. The minimum atomic E-state index is -0.251. The minimum absolute atomic E-state index is 0.0471. The number of hydrogen-bond acceptors (Lipinski definition) is 1. The minimum Gasteiger partial charge on any atom is -0.281 e. The molecule has 66 valence electrons. The zero-order valence-electron chi connectivity index (χ0n) is 6.94. The average molecular weight is 197 g/mol. The molecule has 0 aliphatic carbocycles. The summed E-state index contributed by atoms with van der Waals surface area (Å²) in [6.45, 7) is 4.14. The molecule has 1 unspecified atom stereocenters. The van der Waals surface area contributed by atoms with Crippen LogP contribution in [0.5, 0.6) is 0 Å². The Hall–Kier alpha value is 0.250. The SMILES string of the molecule is CC(C)CC(CCCl)C(=O)Cl. The molecule has 0 amide bonds. The quantitative estimate of drug-likeness (QED) is 0.489. The van der Waals surface area contributed by atoms with Gasteiger partial charge in [0.2, 0.25) is 5.24 Å². The fourth-order valence-electron chi connectivity index (χ4n) is 1.02. The summed E-state index contributed by atoms with van der Waals surface area (Å²) in [5, 5.41) is -0.251. The standard InChI is InChI=1S/C8H14Cl2O/c1-6(2)5-7(3-4-9)8(10)11/h6-7H,3-5H2,1-2H3. The van der Waals surface area contributed by atoms with Gasteiger partial charge < -0.3 is 0 Å². The molecule has 0 aliphatic rings. The van der Waals surface area contributed by atoms with Gasteiger partial charge in [-0.05, 0) is 30.4 Å². The van der Waals surface area contributed by atoms with E-state index in [0.717, 1.165) is 6.42 Å². The van der Waals surface area contributed by atoms with E-state index in [1.165, 1.54) is 0 Å². The summed E-state index contributed by atoms with van der Waals surface area (Å²) in [4.78, 5) is 10.8. The highest BCUT2D eigenvalue weighted by Crippen LogP contribution is 2.18. The maximum absolute atomic E-state index is 10.8. The highest BCUT2D eigenvalue weighted by molar-refractivity contribution is 6.64. The first-order valence-corrected chi connectivity index (χ1v) is 4.74. The van der Waals surface area contributed by atoms with E-state index in [4.69, 9.17) is 23.2 Å². The Bertz CT molecular complexity index is 123. The van der Waals surface area contributed by atoms with Gasteiger partial charge >= 0.3 is 0 Å². The first-order chi connectivity index (χ1) is 5.07. The highest BCUT2D eigenvalue weighted by Gasteiger charge is 2.16. The van der Waals surface area contributed by atoms with Crippen molar-refractivity contribution in [3.63, 3.8) is 0 Å². The van der Waals surface area contributed by atoms with Gasteiger partial charge in [-0.25, -0.2) is 0 Å². The maximum Gasteiger partial charge on any atom is 0.224 e. The van der Waals surface area contributed by atoms with E-state index < -0.39 is 0 Å². The molecule has 1 nitrogen and oxygen atoms in total. The monoisotopic (exact) mass is 196 g/mol. The van der Waals surface area contributed by atoms with Crippen LogP contribution in [0, 0.1) is 11.8 Å². The summed E-state index contributed by atoms with van der Waals surface area (Å²) in [5.41, 5.74) is 0. The van der Waals surface area contributed by atoms with Crippen molar-refractivity contribution in [1.82, 2.24) is 0 Å². The Labute approximate surface area is 78.1 Å². The summed E-state index contributed by atoms with van der Waals surface area (Å²) in [6.07, 6.45) is 1.54. The summed E-state index contributed by atoms with van der Waals surface area (Å²) in [5.74, 6) is 0.968. The molecule has 0 fully saturated rings. The van der Waals surface area contributed by atoms with Crippen LogP contribution >= 0.6 is 23.2 Å². The largest absolute Gasteiger partial charge is 0.281 e. The van der Waals surface area contributed by atoms with E-state index in [0.29, 0.717) is 18.2 Å². The lowest BCUT2D eigenvalue weighted by Crippen LogP contribution is -2.12. The van der Waals surface area contributed by atoms with Gasteiger partial charge in [0.25, 0.3) is 0 Å². The van der Waals surface area contributed by atoms with Crippen molar-refractivity contribution >= 4 is 28.4 Å². The molecule has 0 N–H and O–H groups in total. The molecule has 0 heterocycles. The second kappa shape index (κ2) is 5.84. The fourth-order valence-corrected chi connectivity index (χ4v) is 1.49. The van der Waals surface area contributed by atoms with Crippen LogP contribution in [-0.2, 0) is 4.79 Å². The van der Waals surface area contributed by atoms with Gasteiger partial charge in [0.05, 0.1) is 0 Å². The van der Waals surface area contributed by atoms with Crippen molar-refractivity contribution in [2.45, 2.75) is 26.7 Å². The lowest BCUT2D eigenvalue weighted by atomic mass is 9.96. The van der Waals surface area contributed by atoms with Crippen LogP contribution in [0.25, 0.3) is 0 Å². The molecule has 0 aromatic heterocycles. The van der Waals surface area contributed by atoms with Crippen LogP contribution in [0.1, 0.15) is 26.7 Å². The third-order valence-electron chi connectivity index (χ3n) is 1.53. The molecule has 0 saturated heterocycles. The lowest BCUT2D eigenvalue weighted by Gasteiger charge is -2.12. The summed E-state index contributed by atoms with van der Waals surface area (Å²) >= 11 is 10.9. The Morgan fingerprint density at radius 3 is 2.27 bits per heavy atom. The average Bonchev–Trinajstić information content (AvgIpc) is 1.86. The van der Waals surface area contributed by atoms with E-state index in [2.05, 4.69) is 13.8 Å². The number of halogens is 2. The van der Waals surface area contributed by atoms with Crippen LogP contribution in [-0.4, -0.2) is 11.1 Å². The van der Waals surface area contributed by atoms with Gasteiger partial charge in [-0.1, -0.05) is 13.8 Å². The number of carbonyl (C=O) groups is 1. The van der Waals surface area contributed by atoms with Gasteiger partial charge in [0, 0.05) is 11.8 Å². The molecular weight excluding hydrogens is 183 g/mol. The van der Waals surface area contributed by atoms with Crippen molar-refractivity contribution in [3.05, 3.63) is 0 Å². The predicted molar refractivity (Wildman–Crippen MR) is 49.1 cm³/mol. The van der Waals surface area contributed by atoms with Gasteiger partial charge in [-0.2, -0.15) is 0 Å². The molecule has 0 rings (SSSR count). The molecule has 0 spiro atoms. The van der Waals surface area contributed by atoms with Crippen LogP contribution in [0.3, 0.4) is 0 Å². The zero-order chi connectivity index (χ0) is 8.85. The third-order valence-corrected chi connectivity index (χ3v) is 2.06. The molecule has 0 bridgehead atoms. The number of hydrogen-bond donors (Lipinski definition) is 0. The molecule has 1 atom stereocenters. The lowest BCUT2D eigenvalue weighted by molar-refractivity contribution is -0.115. The molecule has 0 aliphatic heterocycles. The summed E-state index contributed by atoms with van der Waals surface area (Å²) in [7, 11) is 0. The Morgan fingerprint density at radius 2 is 2.00 bits per heavy atom. The molecule has 0 aromatic carbocycles. The van der Waals surface area contributed by atoms with Crippen molar-refractivity contribution in [3.8, 4) is 0 Å². The first-order valence-electron chi connectivity index (χ1n) is 3.83. The van der Waals surface area contributed by atoms with Crippen molar-refractivity contribution in [2.24, 2.45) is 11.8 Å². The van der Waals surface area contributed by atoms with Gasteiger partial charge in [0.15, 0.2) is 0 Å².